The van der Waals surface area contributed by atoms with E-state index >= 15 is 0 Å². The average molecular weight is 1010 g/mol. The number of carboxylic acid groups (broad SMARTS) is 6. The second kappa shape index (κ2) is 29.5. The molecule has 67 heavy (non-hydrogen) atoms. The SMILES string of the molecule is O=C(O)CC[C@H](NC(=O)N[C@@H](CCCCN(Cc1ccc(Br)cc1)C(=O)C1CCC(CCC(=O)CN2CCN(CC(=O)O)CCN(CC(=O)O)CCN(CC(=O)O)CC2)CC1)C(=O)O)C(=O)O. The van der Waals surface area contributed by atoms with E-state index in [0.29, 0.717) is 77.8 Å². The van der Waals surface area contributed by atoms with E-state index < -0.39 is 66.8 Å². The number of aliphatic carboxylic acids is 6. The molecule has 1 saturated heterocycles. The minimum Gasteiger partial charge on any atom is -0.481 e. The zero-order valence-electron chi connectivity index (χ0n) is 37.8. The number of hydrogen-bond acceptors (Lipinski definition) is 13. The van der Waals surface area contributed by atoms with Gasteiger partial charge in [-0.2, -0.15) is 0 Å². The fourth-order valence-corrected chi connectivity index (χ4v) is 8.57. The van der Waals surface area contributed by atoms with Gasteiger partial charge in [-0.05, 0) is 81.4 Å². The van der Waals surface area contributed by atoms with Crippen LogP contribution in [0.2, 0.25) is 0 Å². The molecule has 3 amide bonds. The Morgan fingerprint density at radius 3 is 1.46 bits per heavy atom. The third kappa shape index (κ3) is 22.9. The van der Waals surface area contributed by atoms with Crippen molar-refractivity contribution in [3.8, 4) is 0 Å². The van der Waals surface area contributed by atoms with Crippen LogP contribution >= 0.6 is 15.9 Å². The number of unbranched alkanes of at least 4 members (excludes halogenated alkanes) is 1. The molecular formula is C44H66BrN7O15. The van der Waals surface area contributed by atoms with Crippen molar-refractivity contribution in [2.24, 2.45) is 11.8 Å². The number of Topliss-reactive ketones (excluding diaryl/α,β-unsaturated/α-hetero) is 1. The number of urea groups is 1. The fourth-order valence-electron chi connectivity index (χ4n) is 8.30. The molecule has 8 N–H and O–H groups in total. The number of carbonyl (C=O) groups is 9. The lowest BCUT2D eigenvalue weighted by Gasteiger charge is -2.33. The van der Waals surface area contributed by atoms with Crippen LogP contribution in [0.25, 0.3) is 0 Å². The van der Waals surface area contributed by atoms with Crippen LogP contribution < -0.4 is 10.6 Å². The standard InChI is InChI=1S/C44H66BrN7O15/c45-33-11-6-31(7-12-33)25-52(16-2-1-3-35(42(63)64)46-44(67)47-36(43(65)66)14-15-37(54)55)41(62)32-9-4-30(5-10-32)8-13-34(53)26-48-17-19-49(27-38(56)57)21-23-51(29-40(60)61)24-22-50(20-18-48)28-39(58)59/h6-7,11-12,30,32,35-36H,1-5,8-10,13-29H2,(H,54,55)(H,56,57)(H,58,59)(H,60,61)(H,63,64)(H,65,66)(H2,46,47,67)/t30?,32?,35-,36-/m0/s1. The van der Waals surface area contributed by atoms with Gasteiger partial charge in [-0.15, -0.1) is 0 Å². The molecule has 0 bridgehead atoms. The molecule has 2 aliphatic rings. The van der Waals surface area contributed by atoms with Crippen molar-refractivity contribution in [2.45, 2.75) is 89.3 Å². The number of halogens is 1. The molecule has 1 aliphatic carbocycles. The first kappa shape index (κ1) is 56.1. The minimum absolute atomic E-state index is 0.00525. The van der Waals surface area contributed by atoms with Crippen LogP contribution in [0.5, 0.6) is 0 Å². The molecule has 3 rings (SSSR count). The molecule has 22 nitrogen and oxygen atoms in total. The normalized spacial score (nSPS) is 19.1. The maximum Gasteiger partial charge on any atom is 0.326 e. The third-order valence-electron chi connectivity index (χ3n) is 12.1. The fraction of sp³-hybridized carbons (Fsp3) is 0.659. The summed E-state index contributed by atoms with van der Waals surface area (Å²) in [4.78, 5) is 118. The Bertz CT molecular complexity index is 1800. The van der Waals surface area contributed by atoms with Crippen molar-refractivity contribution in [3.63, 3.8) is 0 Å². The van der Waals surface area contributed by atoms with Gasteiger partial charge in [0.2, 0.25) is 5.91 Å². The van der Waals surface area contributed by atoms with E-state index in [4.69, 9.17) is 5.11 Å². The predicted octanol–water partition coefficient (Wildman–Crippen LogP) is 1.65. The second-order valence-electron chi connectivity index (χ2n) is 17.3. The van der Waals surface area contributed by atoms with Gasteiger partial charge in [0, 0.05) is 88.7 Å². The molecule has 0 spiro atoms. The number of carboxylic acids is 6. The van der Waals surface area contributed by atoms with Gasteiger partial charge in [-0.1, -0.05) is 28.1 Å². The molecule has 1 saturated carbocycles. The van der Waals surface area contributed by atoms with Crippen molar-refractivity contribution in [3.05, 3.63) is 34.3 Å². The Hall–Kier alpha value is -5.23. The van der Waals surface area contributed by atoms with E-state index in [0.717, 1.165) is 22.9 Å². The van der Waals surface area contributed by atoms with Crippen LogP contribution in [-0.2, 0) is 44.9 Å². The first-order chi connectivity index (χ1) is 31.8. The quantitative estimate of drug-likeness (QED) is 0.0612. The topological polar surface area (TPSA) is 315 Å². The number of hydrogen-bond donors (Lipinski definition) is 8. The molecule has 374 valence electrons. The maximum atomic E-state index is 14.1. The van der Waals surface area contributed by atoms with Crippen LogP contribution in [0, 0.1) is 11.8 Å². The van der Waals surface area contributed by atoms with E-state index in [1.165, 1.54) is 0 Å². The zero-order chi connectivity index (χ0) is 49.5. The number of carbonyl (C=O) groups excluding carboxylic acids is 3. The largest absolute Gasteiger partial charge is 0.481 e. The molecule has 1 aromatic carbocycles. The van der Waals surface area contributed by atoms with Crippen molar-refractivity contribution in [2.75, 3.05) is 85.1 Å². The first-order valence-electron chi connectivity index (χ1n) is 22.6. The smallest absolute Gasteiger partial charge is 0.326 e. The Labute approximate surface area is 397 Å². The average Bonchev–Trinajstić information content (AvgIpc) is 3.25. The highest BCUT2D eigenvalue weighted by molar-refractivity contribution is 9.10. The van der Waals surface area contributed by atoms with E-state index in [1.54, 1.807) is 19.6 Å². The number of nitrogens with zero attached hydrogens (tertiary/aromatic N) is 5. The molecule has 0 radical (unpaired) electrons. The minimum atomic E-state index is -1.53. The van der Waals surface area contributed by atoms with E-state index in [-0.39, 0.29) is 82.3 Å². The van der Waals surface area contributed by atoms with Crippen LogP contribution in [0.15, 0.2) is 28.7 Å². The van der Waals surface area contributed by atoms with Crippen molar-refractivity contribution < 1.29 is 73.8 Å². The lowest BCUT2D eigenvalue weighted by atomic mass is 9.79. The maximum absolute atomic E-state index is 14.1. The van der Waals surface area contributed by atoms with E-state index in [1.807, 2.05) is 29.2 Å². The Balaban J connectivity index is 1.56. The van der Waals surface area contributed by atoms with Gasteiger partial charge in [0.15, 0.2) is 0 Å². The number of nitrogens with one attached hydrogen (secondary N) is 2. The third-order valence-corrected chi connectivity index (χ3v) is 12.6. The Morgan fingerprint density at radius 1 is 0.582 bits per heavy atom. The highest BCUT2D eigenvalue weighted by atomic mass is 79.9. The lowest BCUT2D eigenvalue weighted by Crippen LogP contribution is -2.51. The predicted molar refractivity (Wildman–Crippen MR) is 243 cm³/mol. The Kier molecular flexibility index (Phi) is 24.7. The van der Waals surface area contributed by atoms with Gasteiger partial charge in [0.25, 0.3) is 0 Å². The van der Waals surface area contributed by atoms with Crippen LogP contribution in [0.1, 0.15) is 76.2 Å². The van der Waals surface area contributed by atoms with Crippen molar-refractivity contribution >= 4 is 69.5 Å². The highest BCUT2D eigenvalue weighted by Gasteiger charge is 2.31. The van der Waals surface area contributed by atoms with Gasteiger partial charge in [0.1, 0.15) is 17.9 Å². The van der Waals surface area contributed by atoms with Crippen LogP contribution in [0.4, 0.5) is 4.79 Å². The highest BCUT2D eigenvalue weighted by Crippen LogP contribution is 2.33. The van der Waals surface area contributed by atoms with E-state index in [9.17, 15) is 68.7 Å². The summed E-state index contributed by atoms with van der Waals surface area (Å²) in [7, 11) is 0. The summed E-state index contributed by atoms with van der Waals surface area (Å²) in [5, 5.41) is 60.8. The molecule has 2 atom stereocenters. The lowest BCUT2D eigenvalue weighted by molar-refractivity contribution is -0.141. The van der Waals surface area contributed by atoms with Crippen molar-refractivity contribution in [1.82, 2.24) is 35.1 Å². The summed E-state index contributed by atoms with van der Waals surface area (Å²) in [6.07, 6.45) is 3.42. The Morgan fingerprint density at radius 2 is 1.03 bits per heavy atom. The summed E-state index contributed by atoms with van der Waals surface area (Å²) in [6, 6.07) is 3.58. The van der Waals surface area contributed by atoms with Gasteiger partial charge in [0.05, 0.1) is 26.2 Å². The van der Waals surface area contributed by atoms with Gasteiger partial charge < -0.3 is 46.2 Å². The molecule has 1 aromatic rings. The summed E-state index contributed by atoms with van der Waals surface area (Å²) in [5.74, 6) is -7.25. The summed E-state index contributed by atoms with van der Waals surface area (Å²) >= 11 is 3.43. The number of benzene rings is 1. The second-order valence-corrected chi connectivity index (χ2v) is 18.2. The van der Waals surface area contributed by atoms with Crippen LogP contribution in [-0.4, -0.2) is 206 Å². The molecular weight excluding hydrogens is 946 g/mol. The molecule has 23 heteroatoms. The van der Waals surface area contributed by atoms with Gasteiger partial charge >= 0.3 is 41.8 Å². The molecule has 0 aromatic heterocycles. The number of amides is 3. The van der Waals surface area contributed by atoms with Crippen LogP contribution in [0.3, 0.4) is 0 Å². The van der Waals surface area contributed by atoms with E-state index in [2.05, 4.69) is 26.6 Å². The molecule has 0 unspecified atom stereocenters. The van der Waals surface area contributed by atoms with Gasteiger partial charge in [-0.25, -0.2) is 14.4 Å². The van der Waals surface area contributed by atoms with Crippen molar-refractivity contribution in [1.29, 1.82) is 0 Å². The number of ketones is 1. The first-order valence-corrected chi connectivity index (χ1v) is 23.4. The number of rotatable bonds is 26. The molecule has 1 heterocycles. The zero-order valence-corrected chi connectivity index (χ0v) is 39.4. The summed E-state index contributed by atoms with van der Waals surface area (Å²) in [6.45, 7) is 2.36. The molecule has 1 aliphatic heterocycles. The van der Waals surface area contributed by atoms with Gasteiger partial charge in [-0.3, -0.25) is 48.4 Å². The molecule has 2 fully saturated rings. The summed E-state index contributed by atoms with van der Waals surface area (Å²) in [5.41, 5.74) is 0.894. The monoisotopic (exact) mass is 1010 g/mol. The summed E-state index contributed by atoms with van der Waals surface area (Å²) < 4.78 is 0.870.